The molecule has 1 aromatic carbocycles. The minimum atomic E-state index is 0. The number of rotatable bonds is 8. The van der Waals surface area contributed by atoms with Gasteiger partial charge < -0.3 is 4.90 Å². The number of carbonyl (C=O) groups excluding carboxylic acids is 1. The molecule has 0 N–H and O–H groups in total. The van der Waals surface area contributed by atoms with Gasteiger partial charge in [0, 0.05) is 18.0 Å². The van der Waals surface area contributed by atoms with E-state index in [-0.39, 0.29) is 18.3 Å². The maximum absolute atomic E-state index is 13.1. The van der Waals surface area contributed by atoms with Crippen molar-refractivity contribution >= 4 is 68.1 Å². The second-order valence-corrected chi connectivity index (χ2v) is 8.63. The standard InChI is InChI=1S/C19H23N3OS3.ClH/c1-4-21(5-2)10-11-22(18(23)16-7-6-12-25-16)19-20-15-9-8-14(24-3)13-17(15)26-19;/h6-9,12-13H,4-5,10-11H2,1-3H3;1H. The molecule has 3 rings (SSSR count). The van der Waals surface area contributed by atoms with Crippen molar-refractivity contribution in [2.45, 2.75) is 18.7 Å². The number of thioether (sulfide) groups is 1. The molecule has 2 heterocycles. The fourth-order valence-electron chi connectivity index (χ4n) is 2.73. The topological polar surface area (TPSA) is 36.4 Å². The number of benzene rings is 1. The second kappa shape index (κ2) is 10.4. The van der Waals surface area contributed by atoms with Gasteiger partial charge in [-0.2, -0.15) is 0 Å². The average molecular weight is 442 g/mol. The van der Waals surface area contributed by atoms with Crippen LogP contribution in [0.4, 0.5) is 5.13 Å². The Bertz CT molecular complexity index is 862. The van der Waals surface area contributed by atoms with E-state index >= 15 is 0 Å². The van der Waals surface area contributed by atoms with Gasteiger partial charge in [-0.15, -0.1) is 35.5 Å². The maximum atomic E-state index is 13.1. The molecule has 0 fully saturated rings. The van der Waals surface area contributed by atoms with Gasteiger partial charge in [-0.05, 0) is 49.0 Å². The quantitative estimate of drug-likeness (QED) is 0.433. The third kappa shape index (κ3) is 5.23. The van der Waals surface area contributed by atoms with E-state index < -0.39 is 0 Å². The van der Waals surface area contributed by atoms with Crippen LogP contribution in [0.1, 0.15) is 23.5 Å². The Hall–Kier alpha value is -1.12. The van der Waals surface area contributed by atoms with Gasteiger partial charge in [0.05, 0.1) is 15.1 Å². The highest BCUT2D eigenvalue weighted by molar-refractivity contribution is 7.98. The molecule has 0 aliphatic carbocycles. The maximum Gasteiger partial charge on any atom is 0.270 e. The Balaban J connectivity index is 0.00000261. The highest BCUT2D eigenvalue weighted by atomic mass is 35.5. The minimum absolute atomic E-state index is 0. The zero-order valence-electron chi connectivity index (χ0n) is 15.7. The van der Waals surface area contributed by atoms with Gasteiger partial charge in [0.25, 0.3) is 5.91 Å². The van der Waals surface area contributed by atoms with Gasteiger partial charge in [-0.25, -0.2) is 4.98 Å². The first kappa shape index (κ1) is 22.2. The fraction of sp³-hybridized carbons (Fsp3) is 0.368. The van der Waals surface area contributed by atoms with Crippen molar-refractivity contribution in [3.8, 4) is 0 Å². The summed E-state index contributed by atoms with van der Waals surface area (Å²) in [4.78, 5) is 24.0. The molecule has 3 aromatic rings. The highest BCUT2D eigenvalue weighted by Gasteiger charge is 2.22. The second-order valence-electron chi connectivity index (χ2n) is 5.79. The smallest absolute Gasteiger partial charge is 0.270 e. The van der Waals surface area contributed by atoms with E-state index in [1.54, 1.807) is 23.1 Å². The van der Waals surface area contributed by atoms with Crippen molar-refractivity contribution in [2.24, 2.45) is 0 Å². The van der Waals surface area contributed by atoms with Crippen molar-refractivity contribution < 1.29 is 4.79 Å². The predicted octanol–water partition coefficient (Wildman–Crippen LogP) is 5.49. The summed E-state index contributed by atoms with van der Waals surface area (Å²) in [6, 6.07) is 10.1. The number of fused-ring (bicyclic) bond motifs is 1. The average Bonchev–Trinajstić information content (AvgIpc) is 3.33. The number of nitrogens with zero attached hydrogens (tertiary/aromatic N) is 3. The van der Waals surface area contributed by atoms with Crippen molar-refractivity contribution in [3.05, 3.63) is 40.6 Å². The van der Waals surface area contributed by atoms with E-state index in [2.05, 4.69) is 37.1 Å². The minimum Gasteiger partial charge on any atom is -0.302 e. The SMILES string of the molecule is CCN(CC)CCN(C(=O)c1cccs1)c1nc2ccc(SC)cc2s1.Cl. The first-order chi connectivity index (χ1) is 12.7. The molecular weight excluding hydrogens is 418 g/mol. The van der Waals surface area contributed by atoms with Crippen molar-refractivity contribution in [2.75, 3.05) is 37.3 Å². The summed E-state index contributed by atoms with van der Waals surface area (Å²) in [5.74, 6) is 0.0382. The number of thiophene rings is 1. The molecule has 0 saturated heterocycles. The summed E-state index contributed by atoms with van der Waals surface area (Å²) < 4.78 is 1.12. The Morgan fingerprint density at radius 2 is 1.96 bits per heavy atom. The van der Waals surface area contributed by atoms with Crippen LogP contribution in [0.5, 0.6) is 0 Å². The zero-order valence-corrected chi connectivity index (χ0v) is 18.9. The number of halogens is 1. The predicted molar refractivity (Wildman–Crippen MR) is 122 cm³/mol. The van der Waals surface area contributed by atoms with E-state index in [9.17, 15) is 4.79 Å². The largest absolute Gasteiger partial charge is 0.302 e. The summed E-state index contributed by atoms with van der Waals surface area (Å²) >= 11 is 4.79. The van der Waals surface area contributed by atoms with Crippen LogP contribution in [0.15, 0.2) is 40.6 Å². The van der Waals surface area contributed by atoms with Crippen LogP contribution in [-0.2, 0) is 0 Å². The Labute approximate surface area is 179 Å². The molecule has 146 valence electrons. The number of carbonyl (C=O) groups is 1. The fourth-order valence-corrected chi connectivity index (χ4v) is 4.95. The van der Waals surface area contributed by atoms with Crippen LogP contribution in [0.3, 0.4) is 0 Å². The molecule has 1 amide bonds. The Morgan fingerprint density at radius 1 is 1.19 bits per heavy atom. The molecule has 0 aliphatic heterocycles. The van der Waals surface area contributed by atoms with Crippen molar-refractivity contribution in [1.29, 1.82) is 0 Å². The summed E-state index contributed by atoms with van der Waals surface area (Å²) in [5, 5.41) is 2.72. The number of anilines is 1. The normalized spacial score (nSPS) is 11.0. The van der Waals surface area contributed by atoms with E-state index in [0.29, 0.717) is 6.54 Å². The van der Waals surface area contributed by atoms with Gasteiger partial charge in [0.15, 0.2) is 5.13 Å². The first-order valence-electron chi connectivity index (χ1n) is 8.68. The number of amides is 1. The van der Waals surface area contributed by atoms with E-state index in [1.807, 2.05) is 28.5 Å². The molecule has 0 unspecified atom stereocenters. The van der Waals surface area contributed by atoms with Gasteiger partial charge in [-0.1, -0.05) is 31.3 Å². The Kier molecular flexibility index (Phi) is 8.57. The molecule has 0 bridgehead atoms. The van der Waals surface area contributed by atoms with Crippen LogP contribution >= 0.6 is 46.8 Å². The summed E-state index contributed by atoms with van der Waals surface area (Å²) in [6.45, 7) is 7.75. The molecular formula is C19H24ClN3OS3. The molecule has 0 atom stereocenters. The molecule has 8 heteroatoms. The van der Waals surface area contributed by atoms with Crippen LogP contribution < -0.4 is 4.90 Å². The number of thiazole rings is 1. The van der Waals surface area contributed by atoms with E-state index in [4.69, 9.17) is 4.98 Å². The first-order valence-corrected chi connectivity index (χ1v) is 11.6. The molecule has 0 radical (unpaired) electrons. The summed E-state index contributed by atoms with van der Waals surface area (Å²) in [7, 11) is 0. The summed E-state index contributed by atoms with van der Waals surface area (Å²) in [5.41, 5.74) is 0.953. The number of hydrogen-bond donors (Lipinski definition) is 0. The van der Waals surface area contributed by atoms with Gasteiger partial charge in [0.2, 0.25) is 0 Å². The number of hydrogen-bond acceptors (Lipinski definition) is 6. The van der Waals surface area contributed by atoms with Crippen LogP contribution in [0.25, 0.3) is 10.2 Å². The molecule has 0 aliphatic rings. The molecule has 2 aromatic heterocycles. The Morgan fingerprint density at radius 3 is 2.59 bits per heavy atom. The molecule has 0 saturated carbocycles. The van der Waals surface area contributed by atoms with Crippen molar-refractivity contribution in [1.82, 2.24) is 9.88 Å². The van der Waals surface area contributed by atoms with Crippen LogP contribution in [-0.4, -0.2) is 48.2 Å². The number of aromatic nitrogens is 1. The van der Waals surface area contributed by atoms with Gasteiger partial charge in [-0.3, -0.25) is 9.69 Å². The lowest BCUT2D eigenvalue weighted by atomic mass is 10.3. The lowest BCUT2D eigenvalue weighted by Crippen LogP contribution is -2.38. The van der Waals surface area contributed by atoms with Crippen LogP contribution in [0.2, 0.25) is 0 Å². The highest BCUT2D eigenvalue weighted by Crippen LogP contribution is 2.32. The van der Waals surface area contributed by atoms with Crippen molar-refractivity contribution in [3.63, 3.8) is 0 Å². The van der Waals surface area contributed by atoms with Gasteiger partial charge >= 0.3 is 0 Å². The third-order valence-electron chi connectivity index (χ3n) is 4.33. The monoisotopic (exact) mass is 441 g/mol. The molecule has 0 spiro atoms. The molecule has 27 heavy (non-hydrogen) atoms. The van der Waals surface area contributed by atoms with Gasteiger partial charge in [0.1, 0.15) is 0 Å². The zero-order chi connectivity index (χ0) is 18.5. The lowest BCUT2D eigenvalue weighted by molar-refractivity contribution is 0.0987. The number of likely N-dealkylation sites (N-methyl/N-ethyl adjacent to an activating group) is 1. The van der Waals surface area contributed by atoms with E-state index in [0.717, 1.165) is 39.9 Å². The lowest BCUT2D eigenvalue weighted by Gasteiger charge is -2.24. The molecule has 4 nitrogen and oxygen atoms in total. The summed E-state index contributed by atoms with van der Waals surface area (Å²) in [6.07, 6.45) is 2.07. The van der Waals surface area contributed by atoms with E-state index in [1.165, 1.54) is 16.2 Å². The van der Waals surface area contributed by atoms with Crippen LogP contribution in [0, 0.1) is 0 Å². The third-order valence-corrected chi connectivity index (χ3v) is 6.95.